The van der Waals surface area contributed by atoms with Crippen LogP contribution in [0.1, 0.15) is 19.8 Å². The third-order valence-corrected chi connectivity index (χ3v) is 3.48. The van der Waals surface area contributed by atoms with Crippen LogP contribution in [0.15, 0.2) is 48.6 Å². The molecule has 3 amide bonds. The molecule has 3 N–H and O–H groups in total. The molecule has 0 spiro atoms. The quantitative estimate of drug-likeness (QED) is 0.554. The van der Waals surface area contributed by atoms with Crippen molar-refractivity contribution >= 4 is 23.3 Å². The summed E-state index contributed by atoms with van der Waals surface area (Å²) in [7, 11) is 0. The van der Waals surface area contributed by atoms with Gasteiger partial charge in [0.2, 0.25) is 5.91 Å². The molecule has 0 bridgehead atoms. The van der Waals surface area contributed by atoms with Gasteiger partial charge in [0, 0.05) is 30.6 Å². The number of allylic oxidation sites excluding steroid dienone is 3. The molecule has 6 nitrogen and oxygen atoms in total. The zero-order valence-corrected chi connectivity index (χ0v) is 13.7. The first kappa shape index (κ1) is 17.7. The van der Waals surface area contributed by atoms with Crippen LogP contribution in [-0.4, -0.2) is 31.2 Å². The Balaban J connectivity index is 1.76. The molecule has 0 saturated carbocycles. The number of carbonyl (C=O) groups excluding carboxylic acids is 2. The van der Waals surface area contributed by atoms with Crippen LogP contribution in [0.5, 0.6) is 0 Å². The Morgan fingerprint density at radius 2 is 1.88 bits per heavy atom. The number of benzene rings is 1. The van der Waals surface area contributed by atoms with E-state index in [1.165, 1.54) is 6.08 Å². The smallest absolute Gasteiger partial charge is 0.319 e. The van der Waals surface area contributed by atoms with Gasteiger partial charge in [0.1, 0.15) is 0 Å². The zero-order valence-electron chi connectivity index (χ0n) is 13.7. The second-order valence-electron chi connectivity index (χ2n) is 5.42. The van der Waals surface area contributed by atoms with E-state index in [0.717, 1.165) is 19.4 Å². The molecule has 1 fully saturated rings. The molecule has 0 aliphatic carbocycles. The standard InChI is InChI=1S/C18H23N3O3/c1-2-3-4-7-17(22)20-14-8-10-15(11-9-14)21-18(23)19-13-16-6-5-12-24-16/h2-4,7-11,16H,5-6,12-13H2,1H3,(H,20,22)(H2,19,21,23)/b3-2+,7-4+. The fourth-order valence-electron chi connectivity index (χ4n) is 2.26. The Morgan fingerprint density at radius 1 is 1.17 bits per heavy atom. The minimum Gasteiger partial charge on any atom is -0.376 e. The summed E-state index contributed by atoms with van der Waals surface area (Å²) in [5, 5.41) is 8.27. The highest BCUT2D eigenvalue weighted by Crippen LogP contribution is 2.14. The highest BCUT2D eigenvalue weighted by Gasteiger charge is 2.15. The second kappa shape index (κ2) is 9.52. The lowest BCUT2D eigenvalue weighted by atomic mass is 10.2. The van der Waals surface area contributed by atoms with Gasteiger partial charge < -0.3 is 20.7 Å². The number of hydrogen-bond donors (Lipinski definition) is 3. The van der Waals surface area contributed by atoms with Gasteiger partial charge in [-0.25, -0.2) is 4.79 Å². The van der Waals surface area contributed by atoms with Crippen molar-refractivity contribution in [1.29, 1.82) is 0 Å². The average molecular weight is 329 g/mol. The van der Waals surface area contributed by atoms with Crippen LogP contribution in [0.2, 0.25) is 0 Å². The largest absolute Gasteiger partial charge is 0.376 e. The third-order valence-electron chi connectivity index (χ3n) is 3.48. The van der Waals surface area contributed by atoms with E-state index in [-0.39, 0.29) is 18.0 Å². The molecule has 1 heterocycles. The topological polar surface area (TPSA) is 79.5 Å². The summed E-state index contributed by atoms with van der Waals surface area (Å²) in [6.07, 6.45) is 8.89. The van der Waals surface area contributed by atoms with Gasteiger partial charge in [-0.15, -0.1) is 0 Å². The van der Waals surface area contributed by atoms with E-state index >= 15 is 0 Å². The van der Waals surface area contributed by atoms with Crippen LogP contribution in [0.3, 0.4) is 0 Å². The van der Waals surface area contributed by atoms with Crippen molar-refractivity contribution in [1.82, 2.24) is 5.32 Å². The lowest BCUT2D eigenvalue weighted by Gasteiger charge is -2.12. The Kier molecular flexibility index (Phi) is 7.04. The molecular formula is C18H23N3O3. The van der Waals surface area contributed by atoms with E-state index in [1.54, 1.807) is 36.4 Å². The lowest BCUT2D eigenvalue weighted by molar-refractivity contribution is -0.111. The van der Waals surface area contributed by atoms with E-state index in [9.17, 15) is 9.59 Å². The van der Waals surface area contributed by atoms with Gasteiger partial charge in [0.25, 0.3) is 0 Å². The number of urea groups is 1. The maximum Gasteiger partial charge on any atom is 0.319 e. The van der Waals surface area contributed by atoms with Crippen molar-refractivity contribution in [3.05, 3.63) is 48.6 Å². The molecule has 1 aromatic carbocycles. The van der Waals surface area contributed by atoms with Gasteiger partial charge in [-0.05, 0) is 44.0 Å². The number of amides is 3. The van der Waals surface area contributed by atoms with Crippen LogP contribution in [0.25, 0.3) is 0 Å². The third kappa shape index (κ3) is 6.26. The number of hydrogen-bond acceptors (Lipinski definition) is 3. The SMILES string of the molecule is C/C=C/C=C/C(=O)Nc1ccc(NC(=O)NCC2CCCO2)cc1. The highest BCUT2D eigenvalue weighted by molar-refractivity contribution is 5.99. The van der Waals surface area contributed by atoms with Crippen molar-refractivity contribution in [2.24, 2.45) is 0 Å². The molecule has 2 rings (SSSR count). The van der Waals surface area contributed by atoms with E-state index in [1.807, 2.05) is 13.0 Å². The summed E-state index contributed by atoms with van der Waals surface area (Å²) < 4.78 is 5.45. The molecule has 1 unspecified atom stereocenters. The number of nitrogens with one attached hydrogen (secondary N) is 3. The van der Waals surface area contributed by atoms with Crippen molar-refractivity contribution in [3.63, 3.8) is 0 Å². The molecule has 128 valence electrons. The summed E-state index contributed by atoms with van der Waals surface area (Å²) in [6.45, 7) is 3.16. The first-order valence-corrected chi connectivity index (χ1v) is 8.04. The first-order valence-electron chi connectivity index (χ1n) is 8.04. The monoisotopic (exact) mass is 329 g/mol. The number of rotatable bonds is 6. The predicted octanol–water partition coefficient (Wildman–Crippen LogP) is 3.06. The molecule has 24 heavy (non-hydrogen) atoms. The summed E-state index contributed by atoms with van der Waals surface area (Å²) in [4.78, 5) is 23.5. The van der Waals surface area contributed by atoms with Gasteiger partial charge in [-0.1, -0.05) is 18.2 Å². The van der Waals surface area contributed by atoms with Gasteiger partial charge in [0.15, 0.2) is 0 Å². The van der Waals surface area contributed by atoms with Crippen LogP contribution >= 0.6 is 0 Å². The molecule has 1 aliphatic heterocycles. The molecule has 1 aliphatic rings. The second-order valence-corrected chi connectivity index (χ2v) is 5.42. The Hall–Kier alpha value is -2.60. The van der Waals surface area contributed by atoms with Crippen LogP contribution in [0.4, 0.5) is 16.2 Å². The van der Waals surface area contributed by atoms with Crippen LogP contribution in [0, 0.1) is 0 Å². The molecule has 6 heteroatoms. The molecule has 1 atom stereocenters. The Labute approximate surface area is 142 Å². The van der Waals surface area contributed by atoms with E-state index < -0.39 is 0 Å². The highest BCUT2D eigenvalue weighted by atomic mass is 16.5. The summed E-state index contributed by atoms with van der Waals surface area (Å²) >= 11 is 0. The van der Waals surface area contributed by atoms with Crippen molar-refractivity contribution in [3.8, 4) is 0 Å². The maximum atomic E-state index is 11.8. The van der Waals surface area contributed by atoms with Gasteiger partial charge in [0.05, 0.1) is 6.10 Å². The average Bonchev–Trinajstić information content (AvgIpc) is 3.08. The Bertz CT molecular complexity index is 602. The lowest BCUT2D eigenvalue weighted by Crippen LogP contribution is -2.35. The summed E-state index contributed by atoms with van der Waals surface area (Å²) in [5.74, 6) is -0.205. The molecule has 1 aromatic rings. The van der Waals surface area contributed by atoms with Crippen LogP contribution < -0.4 is 16.0 Å². The first-order chi connectivity index (χ1) is 11.7. The molecule has 0 radical (unpaired) electrons. The predicted molar refractivity (Wildman–Crippen MR) is 95.0 cm³/mol. The summed E-state index contributed by atoms with van der Waals surface area (Å²) in [6, 6.07) is 6.67. The van der Waals surface area contributed by atoms with Crippen LogP contribution in [-0.2, 0) is 9.53 Å². The van der Waals surface area contributed by atoms with E-state index in [4.69, 9.17) is 4.74 Å². The minimum atomic E-state index is -0.267. The Morgan fingerprint density at radius 3 is 2.50 bits per heavy atom. The summed E-state index contributed by atoms with van der Waals surface area (Å²) in [5.41, 5.74) is 1.32. The van der Waals surface area contributed by atoms with E-state index in [2.05, 4.69) is 16.0 Å². The number of ether oxygens (including phenoxy) is 1. The fourth-order valence-corrected chi connectivity index (χ4v) is 2.26. The maximum absolute atomic E-state index is 11.8. The van der Waals surface area contributed by atoms with Gasteiger partial charge >= 0.3 is 6.03 Å². The number of carbonyl (C=O) groups is 2. The van der Waals surface area contributed by atoms with Gasteiger partial charge in [-0.2, -0.15) is 0 Å². The zero-order chi connectivity index (χ0) is 17.2. The van der Waals surface area contributed by atoms with E-state index in [0.29, 0.717) is 17.9 Å². The number of anilines is 2. The normalized spacial score (nSPS) is 17.3. The fraction of sp³-hybridized carbons (Fsp3) is 0.333. The minimum absolute atomic E-state index is 0.115. The van der Waals surface area contributed by atoms with Crippen molar-refractivity contribution < 1.29 is 14.3 Å². The molecule has 1 saturated heterocycles. The molecule has 0 aromatic heterocycles. The van der Waals surface area contributed by atoms with Crippen molar-refractivity contribution in [2.45, 2.75) is 25.9 Å². The van der Waals surface area contributed by atoms with Gasteiger partial charge in [-0.3, -0.25) is 4.79 Å². The molecular weight excluding hydrogens is 306 g/mol. The van der Waals surface area contributed by atoms with Crippen molar-refractivity contribution in [2.75, 3.05) is 23.8 Å².